The first-order valence-corrected chi connectivity index (χ1v) is 7.38. The fourth-order valence-corrected chi connectivity index (χ4v) is 2.33. The molecule has 1 rings (SSSR count). The van der Waals surface area contributed by atoms with Crippen LogP contribution in [0.3, 0.4) is 0 Å². The SMILES string of the molecule is CCCN(CCC)C(=O)CCOC1CCNCC1. The van der Waals surface area contributed by atoms with E-state index in [4.69, 9.17) is 4.74 Å². The fraction of sp³-hybridized carbons (Fsp3) is 0.929. The van der Waals surface area contributed by atoms with Crippen molar-refractivity contribution < 1.29 is 9.53 Å². The maximum Gasteiger partial charge on any atom is 0.224 e. The third kappa shape index (κ3) is 5.83. The fourth-order valence-electron chi connectivity index (χ4n) is 2.33. The molecule has 1 saturated heterocycles. The smallest absolute Gasteiger partial charge is 0.224 e. The highest BCUT2D eigenvalue weighted by atomic mass is 16.5. The van der Waals surface area contributed by atoms with Crippen LogP contribution >= 0.6 is 0 Å². The van der Waals surface area contributed by atoms with Crippen LogP contribution in [-0.2, 0) is 9.53 Å². The molecule has 0 aliphatic carbocycles. The number of nitrogens with zero attached hydrogens (tertiary/aromatic N) is 1. The topological polar surface area (TPSA) is 41.6 Å². The molecule has 0 spiro atoms. The third-order valence-corrected chi connectivity index (χ3v) is 3.30. The van der Waals surface area contributed by atoms with Crippen molar-refractivity contribution in [1.29, 1.82) is 0 Å². The predicted octanol–water partition coefficient (Wildman–Crippen LogP) is 1.79. The number of hydrogen-bond donors (Lipinski definition) is 1. The van der Waals surface area contributed by atoms with E-state index in [2.05, 4.69) is 19.2 Å². The molecule has 1 N–H and O–H groups in total. The number of amides is 1. The van der Waals surface area contributed by atoms with Crippen LogP contribution in [0.4, 0.5) is 0 Å². The average Bonchev–Trinajstić information content (AvgIpc) is 2.39. The summed E-state index contributed by atoms with van der Waals surface area (Å²) in [7, 11) is 0. The Bertz CT molecular complexity index is 222. The molecular weight excluding hydrogens is 228 g/mol. The van der Waals surface area contributed by atoms with Crippen molar-refractivity contribution in [3.8, 4) is 0 Å². The summed E-state index contributed by atoms with van der Waals surface area (Å²) in [5.74, 6) is 0.243. The molecule has 1 aliphatic rings. The molecule has 4 nitrogen and oxygen atoms in total. The molecular formula is C14H28N2O2. The molecule has 0 aromatic heterocycles. The van der Waals surface area contributed by atoms with E-state index in [1.54, 1.807) is 0 Å². The van der Waals surface area contributed by atoms with Gasteiger partial charge < -0.3 is 15.0 Å². The number of hydrogen-bond acceptors (Lipinski definition) is 3. The van der Waals surface area contributed by atoms with Gasteiger partial charge in [-0.3, -0.25) is 4.79 Å². The van der Waals surface area contributed by atoms with E-state index in [-0.39, 0.29) is 5.91 Å². The molecule has 0 bridgehead atoms. The zero-order valence-electron chi connectivity index (χ0n) is 11.9. The van der Waals surface area contributed by atoms with E-state index in [1.165, 1.54) is 0 Å². The highest BCUT2D eigenvalue weighted by Gasteiger charge is 2.15. The molecule has 1 fully saturated rings. The Morgan fingerprint density at radius 2 is 1.83 bits per heavy atom. The van der Waals surface area contributed by atoms with Crippen LogP contribution < -0.4 is 5.32 Å². The molecule has 0 radical (unpaired) electrons. The quantitative estimate of drug-likeness (QED) is 0.720. The van der Waals surface area contributed by atoms with Crippen LogP contribution in [0.25, 0.3) is 0 Å². The number of nitrogens with one attached hydrogen (secondary N) is 1. The number of ether oxygens (including phenoxy) is 1. The monoisotopic (exact) mass is 256 g/mol. The summed E-state index contributed by atoms with van der Waals surface area (Å²) >= 11 is 0. The summed E-state index contributed by atoms with van der Waals surface area (Å²) < 4.78 is 5.77. The highest BCUT2D eigenvalue weighted by Crippen LogP contribution is 2.08. The van der Waals surface area contributed by atoms with Gasteiger partial charge in [0.05, 0.1) is 19.1 Å². The van der Waals surface area contributed by atoms with Crippen LogP contribution in [0.2, 0.25) is 0 Å². The van der Waals surface area contributed by atoms with Crippen LogP contribution in [0.15, 0.2) is 0 Å². The zero-order chi connectivity index (χ0) is 13.2. The normalized spacial score (nSPS) is 16.8. The second-order valence-corrected chi connectivity index (χ2v) is 4.95. The standard InChI is InChI=1S/C14H28N2O2/c1-3-10-16(11-4-2)14(17)7-12-18-13-5-8-15-9-6-13/h13,15H,3-12H2,1-2H3. The second-order valence-electron chi connectivity index (χ2n) is 4.95. The summed E-state index contributed by atoms with van der Waals surface area (Å²) in [6, 6.07) is 0. The van der Waals surface area contributed by atoms with Gasteiger partial charge in [0, 0.05) is 13.1 Å². The van der Waals surface area contributed by atoms with Crippen molar-refractivity contribution in [2.45, 2.75) is 52.1 Å². The van der Waals surface area contributed by atoms with E-state index in [1.807, 2.05) is 4.90 Å². The number of rotatable bonds is 8. The van der Waals surface area contributed by atoms with Gasteiger partial charge in [0.15, 0.2) is 0 Å². The molecule has 0 aromatic rings. The van der Waals surface area contributed by atoms with Gasteiger partial charge in [-0.15, -0.1) is 0 Å². The van der Waals surface area contributed by atoms with Crippen molar-refractivity contribution in [1.82, 2.24) is 10.2 Å². The summed E-state index contributed by atoms with van der Waals surface area (Å²) in [5, 5.41) is 3.31. The molecule has 18 heavy (non-hydrogen) atoms. The van der Waals surface area contributed by atoms with Crippen LogP contribution in [0.5, 0.6) is 0 Å². The van der Waals surface area contributed by atoms with Gasteiger partial charge in [-0.05, 0) is 38.8 Å². The van der Waals surface area contributed by atoms with Crippen LogP contribution in [0.1, 0.15) is 46.0 Å². The average molecular weight is 256 g/mol. The lowest BCUT2D eigenvalue weighted by atomic mass is 10.1. The Kier molecular flexibility index (Phi) is 8.01. The van der Waals surface area contributed by atoms with Gasteiger partial charge in [0.25, 0.3) is 0 Å². The number of carbonyl (C=O) groups is 1. The Balaban J connectivity index is 2.17. The van der Waals surface area contributed by atoms with Crippen LogP contribution in [-0.4, -0.2) is 49.7 Å². The summed E-state index contributed by atoms with van der Waals surface area (Å²) in [6.45, 7) is 8.63. The molecule has 1 aliphatic heterocycles. The Morgan fingerprint density at radius 1 is 1.22 bits per heavy atom. The molecule has 0 unspecified atom stereocenters. The van der Waals surface area contributed by atoms with Gasteiger partial charge in [-0.25, -0.2) is 0 Å². The van der Waals surface area contributed by atoms with Gasteiger partial charge in [0.2, 0.25) is 5.91 Å². The van der Waals surface area contributed by atoms with E-state index < -0.39 is 0 Å². The summed E-state index contributed by atoms with van der Waals surface area (Å²) in [5.41, 5.74) is 0. The first-order chi connectivity index (χ1) is 8.77. The first kappa shape index (κ1) is 15.4. The maximum atomic E-state index is 12.0. The molecule has 0 aromatic carbocycles. The van der Waals surface area contributed by atoms with Crippen LogP contribution in [0, 0.1) is 0 Å². The van der Waals surface area contributed by atoms with Crippen molar-refractivity contribution in [2.24, 2.45) is 0 Å². The zero-order valence-corrected chi connectivity index (χ0v) is 11.9. The van der Waals surface area contributed by atoms with Gasteiger partial charge >= 0.3 is 0 Å². The van der Waals surface area contributed by atoms with Gasteiger partial charge in [-0.1, -0.05) is 13.8 Å². The van der Waals surface area contributed by atoms with Crippen molar-refractivity contribution in [3.05, 3.63) is 0 Å². The van der Waals surface area contributed by atoms with E-state index >= 15 is 0 Å². The lowest BCUT2D eigenvalue weighted by Crippen LogP contribution is -2.35. The first-order valence-electron chi connectivity index (χ1n) is 7.38. The number of carbonyl (C=O) groups excluding carboxylic acids is 1. The predicted molar refractivity (Wildman–Crippen MR) is 73.6 cm³/mol. The molecule has 1 heterocycles. The summed E-state index contributed by atoms with van der Waals surface area (Å²) in [6.07, 6.45) is 5.08. The molecule has 1 amide bonds. The Labute approximate surface area is 111 Å². The summed E-state index contributed by atoms with van der Waals surface area (Å²) in [4.78, 5) is 14.0. The highest BCUT2D eigenvalue weighted by molar-refractivity contribution is 5.76. The van der Waals surface area contributed by atoms with E-state index in [9.17, 15) is 4.79 Å². The second kappa shape index (κ2) is 9.34. The lowest BCUT2D eigenvalue weighted by molar-refractivity contribution is -0.133. The minimum atomic E-state index is 0.243. The van der Waals surface area contributed by atoms with Crippen molar-refractivity contribution in [2.75, 3.05) is 32.8 Å². The Hall–Kier alpha value is -0.610. The third-order valence-electron chi connectivity index (χ3n) is 3.30. The maximum absolute atomic E-state index is 12.0. The molecule has 0 saturated carbocycles. The Morgan fingerprint density at radius 3 is 2.39 bits per heavy atom. The minimum Gasteiger partial charge on any atom is -0.378 e. The molecule has 106 valence electrons. The van der Waals surface area contributed by atoms with Gasteiger partial charge in [0.1, 0.15) is 0 Å². The van der Waals surface area contributed by atoms with Gasteiger partial charge in [-0.2, -0.15) is 0 Å². The van der Waals surface area contributed by atoms with E-state index in [0.29, 0.717) is 19.1 Å². The lowest BCUT2D eigenvalue weighted by Gasteiger charge is -2.24. The van der Waals surface area contributed by atoms with Crippen molar-refractivity contribution >= 4 is 5.91 Å². The van der Waals surface area contributed by atoms with E-state index in [0.717, 1.165) is 51.9 Å². The largest absolute Gasteiger partial charge is 0.378 e. The molecule has 0 atom stereocenters. The molecule has 4 heteroatoms. The van der Waals surface area contributed by atoms with Crippen molar-refractivity contribution in [3.63, 3.8) is 0 Å². The number of piperidine rings is 1. The minimum absolute atomic E-state index is 0.243.